The second-order valence-electron chi connectivity index (χ2n) is 5.67. The summed E-state index contributed by atoms with van der Waals surface area (Å²) < 4.78 is 25.3. The number of carbonyl (C=O) groups is 1. The summed E-state index contributed by atoms with van der Waals surface area (Å²) in [7, 11) is -3.32. The van der Waals surface area contributed by atoms with E-state index in [1.165, 1.54) is 16.4 Å². The van der Waals surface area contributed by atoms with Gasteiger partial charge >= 0.3 is 0 Å². The third-order valence-corrected chi connectivity index (χ3v) is 6.08. The Morgan fingerprint density at radius 2 is 2.00 bits per heavy atom. The number of halogens is 1. The van der Waals surface area contributed by atoms with Gasteiger partial charge in [-0.3, -0.25) is 19.2 Å². The number of rotatable bonds is 4. The predicted octanol–water partition coefficient (Wildman–Crippen LogP) is 3.04. The minimum absolute atomic E-state index is 0.0463. The fourth-order valence-electron chi connectivity index (χ4n) is 2.67. The molecule has 3 rings (SSSR count). The molecule has 0 atom stereocenters. The van der Waals surface area contributed by atoms with Gasteiger partial charge in [0.15, 0.2) is 0 Å². The molecular formula is C16H14ClN3O5S. The predicted molar refractivity (Wildman–Crippen MR) is 98.3 cm³/mol. The summed E-state index contributed by atoms with van der Waals surface area (Å²) in [6, 6.07) is 10.0. The SMILES string of the molecule is O=C(Nc1cccc(N2CCCS2(=O)=O)c1)c1ccc([N+](=O)[O-])cc1Cl. The zero-order valence-electron chi connectivity index (χ0n) is 13.4. The van der Waals surface area contributed by atoms with Crippen molar-refractivity contribution in [3.8, 4) is 0 Å². The van der Waals surface area contributed by atoms with Crippen molar-refractivity contribution in [1.29, 1.82) is 0 Å². The average molecular weight is 396 g/mol. The van der Waals surface area contributed by atoms with Gasteiger partial charge in [-0.05, 0) is 30.7 Å². The van der Waals surface area contributed by atoms with Crippen LogP contribution in [0.2, 0.25) is 5.02 Å². The van der Waals surface area contributed by atoms with Crippen LogP contribution in [-0.4, -0.2) is 31.5 Å². The van der Waals surface area contributed by atoms with E-state index in [9.17, 15) is 23.3 Å². The first-order valence-electron chi connectivity index (χ1n) is 7.64. The second-order valence-corrected chi connectivity index (χ2v) is 8.09. The van der Waals surface area contributed by atoms with Gasteiger partial charge in [0.25, 0.3) is 11.6 Å². The van der Waals surface area contributed by atoms with E-state index in [1.54, 1.807) is 24.3 Å². The first kappa shape index (κ1) is 18.2. The minimum atomic E-state index is -3.32. The van der Waals surface area contributed by atoms with Gasteiger partial charge in [0.05, 0.1) is 26.9 Å². The van der Waals surface area contributed by atoms with Crippen molar-refractivity contribution in [2.45, 2.75) is 6.42 Å². The van der Waals surface area contributed by atoms with Gasteiger partial charge in [0, 0.05) is 24.4 Å². The summed E-state index contributed by atoms with van der Waals surface area (Å²) in [5.74, 6) is -0.451. The molecule has 1 N–H and O–H groups in total. The molecule has 0 saturated carbocycles. The molecule has 0 radical (unpaired) electrons. The molecular weight excluding hydrogens is 382 g/mol. The highest BCUT2D eigenvalue weighted by Crippen LogP contribution is 2.27. The zero-order valence-corrected chi connectivity index (χ0v) is 15.0. The van der Waals surface area contributed by atoms with Gasteiger partial charge in [-0.25, -0.2) is 8.42 Å². The number of sulfonamides is 1. The molecule has 1 saturated heterocycles. The lowest BCUT2D eigenvalue weighted by molar-refractivity contribution is -0.384. The Kier molecular flexibility index (Phi) is 4.84. The fourth-order valence-corrected chi connectivity index (χ4v) is 4.49. The normalized spacial score (nSPS) is 15.7. The lowest BCUT2D eigenvalue weighted by Crippen LogP contribution is -2.25. The van der Waals surface area contributed by atoms with Crippen LogP contribution in [-0.2, 0) is 10.0 Å². The van der Waals surface area contributed by atoms with Gasteiger partial charge in [-0.1, -0.05) is 17.7 Å². The lowest BCUT2D eigenvalue weighted by Gasteiger charge is -2.17. The summed E-state index contributed by atoms with van der Waals surface area (Å²) >= 11 is 5.95. The maximum absolute atomic E-state index is 12.4. The number of anilines is 2. The fraction of sp³-hybridized carbons (Fsp3) is 0.188. The molecule has 0 aromatic heterocycles. The van der Waals surface area contributed by atoms with Crippen LogP contribution in [0.25, 0.3) is 0 Å². The molecule has 26 heavy (non-hydrogen) atoms. The number of nitrogens with one attached hydrogen (secondary N) is 1. The number of carbonyl (C=O) groups excluding carboxylic acids is 1. The van der Waals surface area contributed by atoms with Crippen molar-refractivity contribution in [2.75, 3.05) is 21.9 Å². The van der Waals surface area contributed by atoms with Crippen molar-refractivity contribution in [1.82, 2.24) is 0 Å². The Bertz CT molecular complexity index is 993. The highest BCUT2D eigenvalue weighted by atomic mass is 35.5. The molecule has 0 aliphatic carbocycles. The average Bonchev–Trinajstić information content (AvgIpc) is 2.94. The summed E-state index contributed by atoms with van der Waals surface area (Å²) in [5, 5.41) is 13.3. The second kappa shape index (κ2) is 6.93. The van der Waals surface area contributed by atoms with Crippen molar-refractivity contribution >= 4 is 44.6 Å². The molecule has 2 aromatic carbocycles. The Balaban J connectivity index is 1.82. The number of hydrogen-bond acceptors (Lipinski definition) is 5. The zero-order chi connectivity index (χ0) is 18.9. The van der Waals surface area contributed by atoms with Gasteiger partial charge in [0.1, 0.15) is 0 Å². The van der Waals surface area contributed by atoms with E-state index < -0.39 is 20.9 Å². The maximum atomic E-state index is 12.4. The Morgan fingerprint density at radius 3 is 2.62 bits per heavy atom. The van der Waals surface area contributed by atoms with Crippen molar-refractivity contribution < 1.29 is 18.1 Å². The van der Waals surface area contributed by atoms with Crippen LogP contribution in [0.3, 0.4) is 0 Å². The number of nitro groups is 1. The topological polar surface area (TPSA) is 110 Å². The number of amides is 1. The number of hydrogen-bond donors (Lipinski definition) is 1. The number of nitrogens with zero attached hydrogens (tertiary/aromatic N) is 2. The van der Waals surface area contributed by atoms with E-state index in [-0.39, 0.29) is 22.0 Å². The summed E-state index contributed by atoms with van der Waals surface area (Å²) in [6.07, 6.45) is 0.553. The van der Waals surface area contributed by atoms with E-state index in [1.807, 2.05) is 0 Å². The molecule has 136 valence electrons. The van der Waals surface area contributed by atoms with E-state index in [0.29, 0.717) is 24.3 Å². The Labute approximate surface area is 154 Å². The van der Waals surface area contributed by atoms with Crippen LogP contribution in [0.15, 0.2) is 42.5 Å². The highest BCUT2D eigenvalue weighted by Gasteiger charge is 2.28. The molecule has 10 heteroatoms. The third-order valence-electron chi connectivity index (χ3n) is 3.90. The van der Waals surface area contributed by atoms with E-state index in [0.717, 1.165) is 6.07 Å². The monoisotopic (exact) mass is 395 g/mol. The van der Waals surface area contributed by atoms with Gasteiger partial charge in [-0.2, -0.15) is 0 Å². The van der Waals surface area contributed by atoms with Crippen LogP contribution in [0.1, 0.15) is 16.8 Å². The van der Waals surface area contributed by atoms with E-state index in [4.69, 9.17) is 11.6 Å². The van der Waals surface area contributed by atoms with Crippen molar-refractivity contribution in [3.05, 3.63) is 63.2 Å². The summed E-state index contributed by atoms with van der Waals surface area (Å²) in [6.45, 7) is 0.397. The number of non-ortho nitro benzene ring substituents is 1. The quantitative estimate of drug-likeness (QED) is 0.632. The van der Waals surface area contributed by atoms with Crippen LogP contribution < -0.4 is 9.62 Å². The van der Waals surface area contributed by atoms with E-state index in [2.05, 4.69) is 5.32 Å². The van der Waals surface area contributed by atoms with Crippen molar-refractivity contribution in [2.24, 2.45) is 0 Å². The molecule has 8 nitrogen and oxygen atoms in total. The molecule has 0 bridgehead atoms. The maximum Gasteiger partial charge on any atom is 0.270 e. The largest absolute Gasteiger partial charge is 0.322 e. The first-order valence-corrected chi connectivity index (χ1v) is 9.62. The molecule has 0 spiro atoms. The Morgan fingerprint density at radius 1 is 1.23 bits per heavy atom. The first-order chi connectivity index (χ1) is 12.3. The molecule has 1 amide bonds. The Hall–Kier alpha value is -2.65. The lowest BCUT2D eigenvalue weighted by atomic mass is 10.2. The van der Waals surface area contributed by atoms with Crippen LogP contribution in [0, 0.1) is 10.1 Å². The standard InChI is InChI=1S/C16H14ClN3O5S/c17-15-10-13(20(22)23)5-6-14(15)16(21)18-11-3-1-4-12(9-11)19-7-2-8-26(19,24)25/h1,3-6,9-10H,2,7-8H2,(H,18,21). The van der Waals surface area contributed by atoms with Gasteiger partial charge in [0.2, 0.25) is 10.0 Å². The van der Waals surface area contributed by atoms with E-state index >= 15 is 0 Å². The van der Waals surface area contributed by atoms with Crippen LogP contribution >= 0.6 is 11.6 Å². The molecule has 2 aromatic rings. The van der Waals surface area contributed by atoms with Gasteiger partial charge in [-0.15, -0.1) is 0 Å². The summed E-state index contributed by atoms with van der Waals surface area (Å²) in [5.41, 5.74) is 0.725. The third kappa shape index (κ3) is 3.63. The summed E-state index contributed by atoms with van der Waals surface area (Å²) in [4.78, 5) is 22.5. The molecule has 1 fully saturated rings. The number of benzene rings is 2. The molecule has 1 aliphatic heterocycles. The van der Waals surface area contributed by atoms with Crippen LogP contribution in [0.5, 0.6) is 0 Å². The smallest absolute Gasteiger partial charge is 0.270 e. The number of nitro benzene ring substituents is 1. The van der Waals surface area contributed by atoms with Crippen molar-refractivity contribution in [3.63, 3.8) is 0 Å². The molecule has 1 aliphatic rings. The highest BCUT2D eigenvalue weighted by molar-refractivity contribution is 7.93. The molecule has 0 unspecified atom stereocenters. The van der Waals surface area contributed by atoms with Gasteiger partial charge < -0.3 is 5.32 Å². The molecule has 1 heterocycles. The van der Waals surface area contributed by atoms with Crippen LogP contribution in [0.4, 0.5) is 17.1 Å². The minimum Gasteiger partial charge on any atom is -0.322 e.